The van der Waals surface area contributed by atoms with Crippen molar-refractivity contribution in [3.05, 3.63) is 0 Å². The van der Waals surface area contributed by atoms with Crippen molar-refractivity contribution in [3.63, 3.8) is 0 Å². The van der Waals surface area contributed by atoms with Crippen molar-refractivity contribution in [1.29, 1.82) is 0 Å². The lowest BCUT2D eigenvalue weighted by atomic mass is 10.1. The van der Waals surface area contributed by atoms with Crippen LogP contribution in [0.2, 0.25) is 0 Å². The van der Waals surface area contributed by atoms with E-state index < -0.39 is 0 Å². The molecular formula is C24H53N3. The van der Waals surface area contributed by atoms with Crippen molar-refractivity contribution in [3.8, 4) is 0 Å². The van der Waals surface area contributed by atoms with Gasteiger partial charge in [-0.05, 0) is 72.0 Å². The third-order valence-electron chi connectivity index (χ3n) is 5.66. The maximum Gasteiger partial charge on any atom is -0.000654 e. The molecule has 0 radical (unpaired) electrons. The van der Waals surface area contributed by atoms with Gasteiger partial charge in [-0.2, -0.15) is 0 Å². The van der Waals surface area contributed by atoms with Gasteiger partial charge in [0.25, 0.3) is 0 Å². The quantitative estimate of drug-likeness (QED) is 0.230. The molecule has 0 amide bonds. The van der Waals surface area contributed by atoms with E-state index in [9.17, 15) is 0 Å². The first kappa shape index (κ1) is 26.9. The Kier molecular flexibility index (Phi) is 22.1. The van der Waals surface area contributed by atoms with Crippen molar-refractivity contribution in [2.24, 2.45) is 5.73 Å². The molecule has 27 heavy (non-hydrogen) atoms. The molecular weight excluding hydrogens is 330 g/mol. The zero-order chi connectivity index (χ0) is 20.0. The van der Waals surface area contributed by atoms with Gasteiger partial charge in [-0.25, -0.2) is 0 Å². The van der Waals surface area contributed by atoms with Crippen LogP contribution in [-0.2, 0) is 0 Å². The molecule has 3 nitrogen and oxygen atoms in total. The van der Waals surface area contributed by atoms with Crippen LogP contribution in [0.5, 0.6) is 0 Å². The molecule has 3 heteroatoms. The fraction of sp³-hybridized carbons (Fsp3) is 1.00. The minimum absolute atomic E-state index is 0.825. The van der Waals surface area contributed by atoms with Crippen LogP contribution in [0.3, 0.4) is 0 Å². The van der Waals surface area contributed by atoms with Crippen molar-refractivity contribution in [2.75, 3.05) is 46.3 Å². The minimum Gasteiger partial charge on any atom is -0.330 e. The summed E-state index contributed by atoms with van der Waals surface area (Å²) in [6.07, 6.45) is 20.7. The summed E-state index contributed by atoms with van der Waals surface area (Å²) in [5.74, 6) is 0. The monoisotopic (exact) mass is 383 g/mol. The highest BCUT2D eigenvalue weighted by Crippen LogP contribution is 2.11. The molecule has 0 aromatic heterocycles. The first-order valence-electron chi connectivity index (χ1n) is 12.4. The third kappa shape index (κ3) is 20.4. The van der Waals surface area contributed by atoms with Crippen LogP contribution < -0.4 is 5.73 Å². The van der Waals surface area contributed by atoms with Crippen molar-refractivity contribution >= 4 is 0 Å². The lowest BCUT2D eigenvalue weighted by Gasteiger charge is -2.24. The summed E-state index contributed by atoms with van der Waals surface area (Å²) in [4.78, 5) is 5.18. The molecule has 0 aromatic rings. The Labute approximate surface area is 172 Å². The number of rotatable bonds is 22. The van der Waals surface area contributed by atoms with Gasteiger partial charge in [0.15, 0.2) is 0 Å². The van der Waals surface area contributed by atoms with Crippen LogP contribution in [0.15, 0.2) is 0 Å². The molecule has 0 bridgehead atoms. The zero-order valence-corrected chi connectivity index (χ0v) is 19.3. The van der Waals surface area contributed by atoms with E-state index in [1.807, 2.05) is 0 Å². The lowest BCUT2D eigenvalue weighted by Crippen LogP contribution is -2.31. The largest absolute Gasteiger partial charge is 0.330 e. The Hall–Kier alpha value is -0.120. The van der Waals surface area contributed by atoms with E-state index in [-0.39, 0.29) is 0 Å². The molecule has 2 N–H and O–H groups in total. The smallest absolute Gasteiger partial charge is 0.000654 e. The topological polar surface area (TPSA) is 32.5 Å². The first-order valence-corrected chi connectivity index (χ1v) is 12.4. The summed E-state index contributed by atoms with van der Waals surface area (Å²) < 4.78 is 0. The van der Waals surface area contributed by atoms with E-state index in [1.54, 1.807) is 0 Å². The number of hydrogen-bond acceptors (Lipinski definition) is 3. The van der Waals surface area contributed by atoms with Gasteiger partial charge in [0.2, 0.25) is 0 Å². The van der Waals surface area contributed by atoms with E-state index in [2.05, 4.69) is 30.7 Å². The van der Waals surface area contributed by atoms with Gasteiger partial charge in [0.05, 0.1) is 0 Å². The third-order valence-corrected chi connectivity index (χ3v) is 5.66. The highest BCUT2D eigenvalue weighted by molar-refractivity contribution is 4.62. The van der Waals surface area contributed by atoms with E-state index >= 15 is 0 Å². The molecule has 0 saturated heterocycles. The molecule has 0 spiro atoms. The summed E-state index contributed by atoms with van der Waals surface area (Å²) in [7, 11) is 2.28. The normalized spacial score (nSPS) is 11.8. The van der Waals surface area contributed by atoms with E-state index in [0.717, 1.165) is 13.0 Å². The summed E-state index contributed by atoms with van der Waals surface area (Å²) in [5, 5.41) is 0. The molecule has 0 aromatic carbocycles. The molecule has 0 atom stereocenters. The van der Waals surface area contributed by atoms with Gasteiger partial charge < -0.3 is 15.5 Å². The van der Waals surface area contributed by atoms with Gasteiger partial charge in [-0.1, -0.05) is 84.5 Å². The first-order chi connectivity index (χ1) is 13.2. The van der Waals surface area contributed by atoms with Crippen LogP contribution in [0.25, 0.3) is 0 Å². The van der Waals surface area contributed by atoms with Crippen molar-refractivity contribution < 1.29 is 0 Å². The highest BCUT2D eigenvalue weighted by Gasteiger charge is 2.05. The minimum atomic E-state index is 0.825. The lowest BCUT2D eigenvalue weighted by molar-refractivity contribution is 0.238. The molecule has 0 aliphatic carbocycles. The van der Waals surface area contributed by atoms with E-state index in [4.69, 9.17) is 5.73 Å². The Morgan fingerprint density at radius 1 is 0.481 bits per heavy atom. The van der Waals surface area contributed by atoms with Crippen molar-refractivity contribution in [1.82, 2.24) is 9.80 Å². The van der Waals surface area contributed by atoms with E-state index in [0.29, 0.717) is 0 Å². The molecule has 164 valence electrons. The maximum absolute atomic E-state index is 5.74. The fourth-order valence-corrected chi connectivity index (χ4v) is 3.78. The molecule has 0 saturated carbocycles. The van der Waals surface area contributed by atoms with Crippen LogP contribution in [0.1, 0.15) is 110 Å². The Morgan fingerprint density at radius 2 is 0.889 bits per heavy atom. The van der Waals surface area contributed by atoms with Gasteiger partial charge in [0, 0.05) is 0 Å². The molecule has 0 unspecified atom stereocenters. The average Bonchev–Trinajstić information content (AvgIpc) is 2.67. The molecule has 0 heterocycles. The standard InChI is InChI=1S/C24H53N3/c1-4-6-8-9-10-11-12-13-14-16-22-27(23-17-19-25)24-18-21-26(3)20-15-7-5-2/h4-25H2,1-3H3. The van der Waals surface area contributed by atoms with Crippen molar-refractivity contribution in [2.45, 2.75) is 110 Å². The molecule has 0 aliphatic rings. The highest BCUT2D eigenvalue weighted by atomic mass is 15.1. The average molecular weight is 384 g/mol. The Balaban J connectivity index is 3.66. The molecule has 0 rings (SSSR count). The van der Waals surface area contributed by atoms with Gasteiger partial charge >= 0.3 is 0 Å². The number of nitrogens with zero attached hydrogens (tertiary/aromatic N) is 2. The van der Waals surface area contributed by atoms with Gasteiger partial charge in [-0.3, -0.25) is 0 Å². The van der Waals surface area contributed by atoms with Crippen LogP contribution >= 0.6 is 0 Å². The summed E-state index contributed by atoms with van der Waals surface area (Å²) >= 11 is 0. The van der Waals surface area contributed by atoms with Gasteiger partial charge in [-0.15, -0.1) is 0 Å². The second-order valence-electron chi connectivity index (χ2n) is 8.53. The van der Waals surface area contributed by atoms with Crippen LogP contribution in [0, 0.1) is 0 Å². The fourth-order valence-electron chi connectivity index (χ4n) is 3.78. The predicted octanol–water partition coefficient (Wildman–Crippen LogP) is 6.07. The molecule has 0 fully saturated rings. The van der Waals surface area contributed by atoms with Gasteiger partial charge in [0.1, 0.15) is 0 Å². The number of unbranched alkanes of at least 4 members (excludes halogenated alkanes) is 11. The second kappa shape index (κ2) is 22.2. The Morgan fingerprint density at radius 3 is 1.48 bits per heavy atom. The molecule has 0 aliphatic heterocycles. The van der Waals surface area contributed by atoms with Crippen LogP contribution in [0.4, 0.5) is 0 Å². The summed E-state index contributed by atoms with van der Waals surface area (Å²) in [6, 6.07) is 0. The zero-order valence-electron chi connectivity index (χ0n) is 19.3. The maximum atomic E-state index is 5.74. The number of hydrogen-bond donors (Lipinski definition) is 1. The second-order valence-corrected chi connectivity index (χ2v) is 8.53. The summed E-state index contributed by atoms with van der Waals surface area (Å²) in [5.41, 5.74) is 5.74. The Bertz CT molecular complexity index is 270. The SMILES string of the molecule is CCCCCCCCCCCCN(CCCN)CCCN(C)CCCCC. The predicted molar refractivity (Wildman–Crippen MR) is 124 cm³/mol. The number of nitrogens with two attached hydrogens (primary N) is 1. The summed E-state index contributed by atoms with van der Waals surface area (Å²) in [6.45, 7) is 11.6. The van der Waals surface area contributed by atoms with E-state index in [1.165, 1.54) is 123 Å². The van der Waals surface area contributed by atoms with Crippen LogP contribution in [-0.4, -0.2) is 56.1 Å².